The van der Waals surface area contributed by atoms with Gasteiger partial charge in [-0.3, -0.25) is 9.59 Å². The van der Waals surface area contributed by atoms with Gasteiger partial charge in [0.2, 0.25) is 11.8 Å². The van der Waals surface area contributed by atoms with Crippen LogP contribution in [-0.2, 0) is 28.0 Å². The number of aliphatic hydroxyl groups excluding tert-OH is 2. The maximum Gasteiger partial charge on any atom is 0.244 e. The molecule has 10 nitrogen and oxygen atoms in total. The minimum atomic E-state index is -1.03. The Labute approximate surface area is 301 Å². The van der Waals surface area contributed by atoms with Crippen molar-refractivity contribution >= 4 is 11.8 Å². The predicted molar refractivity (Wildman–Crippen MR) is 198 cm³/mol. The van der Waals surface area contributed by atoms with E-state index in [0.717, 1.165) is 16.7 Å². The van der Waals surface area contributed by atoms with Crippen LogP contribution in [0.15, 0.2) is 158 Å². The number of allylic oxidation sites excluding steroid dienone is 4. The second kappa shape index (κ2) is 16.0. The molecule has 6 N–H and O–H groups in total. The van der Waals surface area contributed by atoms with Gasteiger partial charge in [0.05, 0.1) is 6.33 Å². The molecule has 6 rings (SSSR count). The van der Waals surface area contributed by atoms with E-state index in [-0.39, 0.29) is 48.3 Å². The molecule has 52 heavy (non-hydrogen) atoms. The molecule has 2 atom stereocenters. The number of rotatable bonds is 13. The monoisotopic (exact) mass is 696 g/mol. The topological polar surface area (TPSA) is 157 Å². The zero-order valence-corrected chi connectivity index (χ0v) is 28.3. The maximum atomic E-state index is 13.9. The number of nitrogens with one attached hydrogen (secondary N) is 2. The van der Waals surface area contributed by atoms with Crippen LogP contribution in [0.2, 0.25) is 0 Å². The highest BCUT2D eigenvalue weighted by molar-refractivity contribution is 5.93. The van der Waals surface area contributed by atoms with Gasteiger partial charge in [-0.1, -0.05) is 109 Å². The molecule has 0 aliphatic heterocycles. The van der Waals surface area contributed by atoms with Gasteiger partial charge in [-0.05, 0) is 53.0 Å². The number of nitrogens with zero attached hydrogens (tertiary/aromatic N) is 2. The summed E-state index contributed by atoms with van der Waals surface area (Å²) in [4.78, 5) is 31.9. The van der Waals surface area contributed by atoms with Gasteiger partial charge in [0.15, 0.2) is 17.3 Å². The lowest BCUT2D eigenvalue weighted by Gasteiger charge is -2.39. The van der Waals surface area contributed by atoms with Crippen molar-refractivity contribution in [3.8, 4) is 11.5 Å². The molecular weight excluding hydrogens is 656 g/mol. The summed E-state index contributed by atoms with van der Waals surface area (Å²) in [6, 6.07) is 33.7. The summed E-state index contributed by atoms with van der Waals surface area (Å²) in [5.74, 6) is -2.11. The number of aliphatic hydroxyl groups is 2. The van der Waals surface area contributed by atoms with Gasteiger partial charge < -0.3 is 35.6 Å². The number of aromatic nitrogens is 2. The average molecular weight is 697 g/mol. The first-order valence-corrected chi connectivity index (χ1v) is 17.0. The Morgan fingerprint density at radius 2 is 1.46 bits per heavy atom. The summed E-state index contributed by atoms with van der Waals surface area (Å²) < 4.78 is 2.06. The van der Waals surface area contributed by atoms with Crippen LogP contribution in [0, 0.1) is 5.92 Å². The third-order valence-corrected chi connectivity index (χ3v) is 9.17. The molecule has 0 spiro atoms. The van der Waals surface area contributed by atoms with E-state index in [0.29, 0.717) is 17.7 Å². The fourth-order valence-electron chi connectivity index (χ4n) is 6.60. The van der Waals surface area contributed by atoms with Gasteiger partial charge in [0.1, 0.15) is 17.3 Å². The number of phenolic OH excluding ortho intramolecular Hbond substituents is 2. The second-order valence-corrected chi connectivity index (χ2v) is 12.6. The SMILES string of the molecule is O=C(/C=C/C1C=CC(O)=C(O)C1)N[C@@H](Cc1cncn1C(c1ccccc1)(c1ccccc1)c1ccccc1)C(=O)NCCc1ccc(O)c(O)c1. The molecule has 0 saturated carbocycles. The Morgan fingerprint density at radius 3 is 2.04 bits per heavy atom. The average Bonchev–Trinajstić information content (AvgIpc) is 3.63. The third kappa shape index (κ3) is 7.76. The smallest absolute Gasteiger partial charge is 0.244 e. The summed E-state index contributed by atoms with van der Waals surface area (Å²) in [5.41, 5.74) is 3.42. The molecular formula is C42H40N4O6. The number of carbonyl (C=O) groups excluding carboxylic acids is 2. The van der Waals surface area contributed by atoms with Crippen molar-refractivity contribution in [2.75, 3.05) is 6.54 Å². The van der Waals surface area contributed by atoms with Gasteiger partial charge in [-0.15, -0.1) is 0 Å². The van der Waals surface area contributed by atoms with E-state index < -0.39 is 23.4 Å². The quantitative estimate of drug-likeness (QED) is 0.0503. The molecule has 1 heterocycles. The highest BCUT2D eigenvalue weighted by atomic mass is 16.3. The van der Waals surface area contributed by atoms with Gasteiger partial charge in [0.25, 0.3) is 0 Å². The van der Waals surface area contributed by atoms with E-state index in [1.807, 2.05) is 54.6 Å². The molecule has 10 heteroatoms. The van der Waals surface area contributed by atoms with Crippen LogP contribution in [0.4, 0.5) is 0 Å². The Balaban J connectivity index is 1.34. The molecule has 1 unspecified atom stereocenters. The van der Waals surface area contributed by atoms with E-state index >= 15 is 0 Å². The first-order valence-electron chi connectivity index (χ1n) is 17.0. The van der Waals surface area contributed by atoms with Crippen LogP contribution >= 0.6 is 0 Å². The number of aromatic hydroxyl groups is 2. The lowest BCUT2D eigenvalue weighted by atomic mass is 9.76. The first kappa shape index (κ1) is 35.3. The number of hydrogen-bond donors (Lipinski definition) is 6. The summed E-state index contributed by atoms with van der Waals surface area (Å²) in [6.07, 6.45) is 10.0. The van der Waals surface area contributed by atoms with Crippen LogP contribution in [0.25, 0.3) is 0 Å². The maximum absolute atomic E-state index is 13.9. The number of carbonyl (C=O) groups is 2. The molecule has 5 aromatic rings. The minimum Gasteiger partial charge on any atom is -0.508 e. The number of hydrogen-bond acceptors (Lipinski definition) is 7. The standard InChI is InChI=1S/C42H40N4O6/c47-36-19-16-29(24-38(36)49)18-21-40(51)45-35(41(52)44-23-22-30-17-20-37(48)39(50)25-30)26-34-27-43-28-46(34)42(31-10-4-1-5-11-31,32-12-6-2-7-13-32)33-14-8-3-9-15-33/h1-21,25,27-29,35,47-50H,22-24,26H2,(H,44,52)(H,45,51)/b21-18+/t29?,35-/m0/s1. The fourth-order valence-corrected chi connectivity index (χ4v) is 6.60. The van der Waals surface area contributed by atoms with Crippen molar-refractivity contribution in [2.24, 2.45) is 5.92 Å². The van der Waals surface area contributed by atoms with Crippen molar-refractivity contribution in [1.82, 2.24) is 20.2 Å². The largest absolute Gasteiger partial charge is 0.508 e. The highest BCUT2D eigenvalue weighted by Gasteiger charge is 2.40. The van der Waals surface area contributed by atoms with Gasteiger partial charge >= 0.3 is 0 Å². The Hall–Kier alpha value is -6.55. The Bertz CT molecular complexity index is 1990. The molecule has 264 valence electrons. The zero-order chi connectivity index (χ0) is 36.5. The van der Waals surface area contributed by atoms with Crippen molar-refractivity contribution < 1.29 is 30.0 Å². The van der Waals surface area contributed by atoms with Crippen molar-refractivity contribution in [3.05, 3.63) is 185 Å². The van der Waals surface area contributed by atoms with Crippen LogP contribution in [-0.4, -0.2) is 54.4 Å². The second-order valence-electron chi connectivity index (χ2n) is 12.6. The number of phenols is 2. The zero-order valence-electron chi connectivity index (χ0n) is 28.3. The van der Waals surface area contributed by atoms with Gasteiger partial charge in [-0.25, -0.2) is 4.98 Å². The van der Waals surface area contributed by atoms with Crippen molar-refractivity contribution in [2.45, 2.75) is 30.8 Å². The summed E-state index contributed by atoms with van der Waals surface area (Å²) in [7, 11) is 0. The molecule has 2 amide bonds. The molecule has 0 fully saturated rings. The highest BCUT2D eigenvalue weighted by Crippen LogP contribution is 2.41. The van der Waals surface area contributed by atoms with E-state index in [1.54, 1.807) is 30.7 Å². The van der Waals surface area contributed by atoms with E-state index in [4.69, 9.17) is 0 Å². The normalized spacial score (nSPS) is 15.0. The van der Waals surface area contributed by atoms with Gasteiger partial charge in [0, 0.05) is 37.2 Å². The number of benzene rings is 4. The van der Waals surface area contributed by atoms with Crippen LogP contribution in [0.5, 0.6) is 11.5 Å². The van der Waals surface area contributed by atoms with E-state index in [2.05, 4.69) is 56.6 Å². The lowest BCUT2D eigenvalue weighted by molar-refractivity contribution is -0.127. The van der Waals surface area contributed by atoms with E-state index in [9.17, 15) is 30.0 Å². The molecule has 1 aliphatic carbocycles. The van der Waals surface area contributed by atoms with Crippen LogP contribution in [0.1, 0.15) is 34.4 Å². The van der Waals surface area contributed by atoms with Crippen LogP contribution < -0.4 is 10.6 Å². The predicted octanol–water partition coefficient (Wildman–Crippen LogP) is 5.98. The van der Waals surface area contributed by atoms with Crippen molar-refractivity contribution in [3.63, 3.8) is 0 Å². The molecule has 0 radical (unpaired) electrons. The first-order chi connectivity index (χ1) is 25.3. The minimum absolute atomic E-state index is 0.0837. The number of amides is 2. The molecule has 1 aliphatic rings. The molecule has 0 saturated heterocycles. The van der Waals surface area contributed by atoms with Gasteiger partial charge in [-0.2, -0.15) is 0 Å². The molecule has 4 aromatic carbocycles. The Morgan fingerprint density at radius 1 is 0.846 bits per heavy atom. The summed E-state index contributed by atoms with van der Waals surface area (Å²) in [5, 5.41) is 45.1. The fraction of sp³-hybridized carbons (Fsp3) is 0.167. The van der Waals surface area contributed by atoms with E-state index in [1.165, 1.54) is 24.3 Å². The third-order valence-electron chi connectivity index (χ3n) is 9.17. The molecule has 1 aromatic heterocycles. The number of imidazole rings is 1. The lowest BCUT2D eigenvalue weighted by Crippen LogP contribution is -2.49. The summed E-state index contributed by atoms with van der Waals surface area (Å²) >= 11 is 0. The molecule has 0 bridgehead atoms. The van der Waals surface area contributed by atoms with Crippen LogP contribution in [0.3, 0.4) is 0 Å². The van der Waals surface area contributed by atoms with Crippen molar-refractivity contribution in [1.29, 1.82) is 0 Å². The Kier molecular flexibility index (Phi) is 10.8. The summed E-state index contributed by atoms with van der Waals surface area (Å²) in [6.45, 7) is 0.203.